The van der Waals surface area contributed by atoms with Gasteiger partial charge in [0.15, 0.2) is 16.5 Å². The molecule has 5 N–H and O–H groups in total. The molecule has 5 amide bonds. The van der Waals surface area contributed by atoms with Crippen molar-refractivity contribution in [3.63, 3.8) is 0 Å². The summed E-state index contributed by atoms with van der Waals surface area (Å²) in [7, 11) is 0. The number of aliphatic hydroxyl groups excluding tert-OH is 1. The Morgan fingerprint density at radius 3 is 2.23 bits per heavy atom. The van der Waals surface area contributed by atoms with Gasteiger partial charge in [-0.25, -0.2) is 24.7 Å². The molecule has 1 saturated carbocycles. The lowest BCUT2D eigenvalue weighted by atomic mass is 9.85. The van der Waals surface area contributed by atoms with Crippen LogP contribution in [-0.2, 0) is 30.5 Å². The molecular formula is C56H68N12O8S2. The SMILES string of the molecule is Cc1ncc(-c2ccc3nc(NC(=O)CN4CCN(c5ncc(OC(C)(C)C(=O)N[C@H](C(=O)N6C[C@H](O)C[C@H]6C(=O)NCc6ccc(-c7scnc7C)cc6)C(C)(C)C)cn5)CC4)sc3c2)cc1NC(=O)OC1CCCCC1. The van der Waals surface area contributed by atoms with E-state index < -0.39 is 53.0 Å². The van der Waals surface area contributed by atoms with Crippen molar-refractivity contribution in [3.05, 3.63) is 89.6 Å². The van der Waals surface area contributed by atoms with Gasteiger partial charge in [-0.05, 0) is 93.7 Å². The first-order valence-electron chi connectivity index (χ1n) is 26.5. The molecule has 3 fully saturated rings. The number of carbonyl (C=O) groups is 5. The van der Waals surface area contributed by atoms with Gasteiger partial charge in [-0.1, -0.05) is 68.9 Å². The number of benzene rings is 2. The van der Waals surface area contributed by atoms with Crippen LogP contribution in [0.4, 0.5) is 21.6 Å². The second-order valence-corrected chi connectivity index (χ2v) is 23.7. The van der Waals surface area contributed by atoms with Crippen LogP contribution in [-0.4, -0.2) is 139 Å². The van der Waals surface area contributed by atoms with E-state index in [-0.39, 0.29) is 43.8 Å². The summed E-state index contributed by atoms with van der Waals surface area (Å²) in [6.07, 6.45) is 8.48. The molecule has 22 heteroatoms. The number of aryl methyl sites for hydroxylation is 2. The van der Waals surface area contributed by atoms with Crippen molar-refractivity contribution in [1.29, 1.82) is 0 Å². The van der Waals surface area contributed by atoms with Crippen LogP contribution in [0.25, 0.3) is 31.8 Å². The highest BCUT2D eigenvalue weighted by Crippen LogP contribution is 2.33. The molecule has 0 radical (unpaired) electrons. The van der Waals surface area contributed by atoms with E-state index in [9.17, 15) is 29.1 Å². The van der Waals surface area contributed by atoms with Gasteiger partial charge in [0.2, 0.25) is 23.7 Å². The first kappa shape index (κ1) is 55.6. The van der Waals surface area contributed by atoms with Crippen LogP contribution < -0.4 is 30.9 Å². The van der Waals surface area contributed by atoms with Crippen molar-refractivity contribution >= 4 is 79.4 Å². The smallest absolute Gasteiger partial charge is 0.411 e. The van der Waals surface area contributed by atoms with Crippen molar-refractivity contribution in [2.75, 3.05) is 54.8 Å². The first-order chi connectivity index (χ1) is 37.3. The number of nitrogens with one attached hydrogen (secondary N) is 4. The van der Waals surface area contributed by atoms with Crippen molar-refractivity contribution < 1.29 is 38.6 Å². The van der Waals surface area contributed by atoms with E-state index in [2.05, 4.69) is 51.1 Å². The lowest BCUT2D eigenvalue weighted by molar-refractivity contribution is -0.146. The second kappa shape index (κ2) is 23.8. The zero-order valence-electron chi connectivity index (χ0n) is 45.1. The molecule has 6 aromatic rings. The molecule has 2 aromatic carbocycles. The third-order valence-corrected chi connectivity index (χ3v) is 16.3. The Balaban J connectivity index is 0.733. The van der Waals surface area contributed by atoms with Crippen molar-refractivity contribution in [2.45, 2.75) is 123 Å². The summed E-state index contributed by atoms with van der Waals surface area (Å²) in [5, 5.41) is 22.9. The van der Waals surface area contributed by atoms with E-state index in [1.54, 1.807) is 31.4 Å². The molecule has 2 saturated heterocycles. The number of thiazole rings is 2. The van der Waals surface area contributed by atoms with E-state index in [4.69, 9.17) is 9.47 Å². The van der Waals surface area contributed by atoms with Gasteiger partial charge >= 0.3 is 6.09 Å². The van der Waals surface area contributed by atoms with Gasteiger partial charge in [0.1, 0.15) is 18.2 Å². The van der Waals surface area contributed by atoms with Gasteiger partial charge in [-0.15, -0.1) is 11.3 Å². The van der Waals surface area contributed by atoms with Crippen LogP contribution in [0, 0.1) is 19.3 Å². The topological polar surface area (TPSA) is 246 Å². The number of nitrogens with zero attached hydrogens (tertiary/aromatic N) is 8. The minimum atomic E-state index is -1.47. The van der Waals surface area contributed by atoms with Crippen LogP contribution in [0.1, 0.15) is 90.1 Å². The van der Waals surface area contributed by atoms with Crippen LogP contribution >= 0.6 is 22.7 Å². The van der Waals surface area contributed by atoms with Gasteiger partial charge in [0.05, 0.1) is 62.7 Å². The summed E-state index contributed by atoms with van der Waals surface area (Å²) in [6, 6.07) is 13.6. The molecule has 0 bridgehead atoms. The quantitative estimate of drug-likeness (QED) is 0.0630. The van der Waals surface area contributed by atoms with Crippen molar-refractivity contribution in [3.8, 4) is 27.3 Å². The van der Waals surface area contributed by atoms with Crippen molar-refractivity contribution in [2.24, 2.45) is 5.41 Å². The summed E-state index contributed by atoms with van der Waals surface area (Å²) < 4.78 is 12.7. The van der Waals surface area contributed by atoms with E-state index in [1.165, 1.54) is 35.1 Å². The standard InChI is InChI=1S/C56H68N12O8S2/c1-33-43(63-54(74)75-40-11-9-8-10-12-40)23-38(27-57-33)37-17-18-42-45(24-37)78-53(62-42)64-46(70)31-66-19-21-67(22-20-66)52-59-28-41(29-60-52)76-56(6,7)51(73)65-48(55(3,4)5)50(72)68-30-39(69)25-44(68)49(71)58-26-35-13-15-36(16-14-35)47-34(2)61-32-77-47/h13-18,23-24,27-29,32,39-40,44,48,69H,8-12,19-22,25-26,30-31H2,1-7H3,(H,58,71)(H,63,74)(H,65,73)(H,62,64,70)/t39-,44+,48-/m1/s1. The minimum Gasteiger partial charge on any atom is -0.475 e. The summed E-state index contributed by atoms with van der Waals surface area (Å²) in [5.41, 5.74) is 6.17. The van der Waals surface area contributed by atoms with E-state index in [0.717, 1.165) is 68.7 Å². The summed E-state index contributed by atoms with van der Waals surface area (Å²) in [5.74, 6) is -0.909. The number of aliphatic hydroxyl groups is 1. The fourth-order valence-corrected chi connectivity index (χ4v) is 11.6. The summed E-state index contributed by atoms with van der Waals surface area (Å²) in [6.45, 7) is 15.1. The number of rotatable bonds is 16. The molecule has 0 spiro atoms. The number of ether oxygens (including phenoxy) is 2. The number of likely N-dealkylation sites (tertiary alicyclic amines) is 1. The van der Waals surface area contributed by atoms with Crippen LogP contribution in [0.5, 0.6) is 5.75 Å². The Kier molecular flexibility index (Phi) is 17.0. The molecule has 6 heterocycles. The highest BCUT2D eigenvalue weighted by atomic mass is 32.1. The second-order valence-electron chi connectivity index (χ2n) is 21.8. The largest absolute Gasteiger partial charge is 0.475 e. The maximum atomic E-state index is 14.3. The normalized spacial score (nSPS) is 17.8. The molecule has 412 valence electrons. The molecule has 0 unspecified atom stereocenters. The number of anilines is 3. The third-order valence-electron chi connectivity index (χ3n) is 14.4. The zero-order valence-corrected chi connectivity index (χ0v) is 46.8. The first-order valence-corrected chi connectivity index (χ1v) is 28.2. The zero-order chi connectivity index (χ0) is 55.3. The Labute approximate surface area is 461 Å². The van der Waals surface area contributed by atoms with E-state index >= 15 is 0 Å². The maximum Gasteiger partial charge on any atom is 0.411 e. The van der Waals surface area contributed by atoms with Crippen molar-refractivity contribution in [1.82, 2.24) is 45.4 Å². The molecule has 4 aromatic heterocycles. The molecule has 3 aliphatic rings. The lowest BCUT2D eigenvalue weighted by Gasteiger charge is -2.37. The number of carbonyl (C=O) groups excluding carboxylic acids is 5. The Morgan fingerprint density at radius 1 is 0.821 bits per heavy atom. The fraction of sp³-hybridized carbons (Fsp3) is 0.464. The Morgan fingerprint density at radius 2 is 1.54 bits per heavy atom. The molecule has 20 nitrogen and oxygen atoms in total. The predicted octanol–water partition coefficient (Wildman–Crippen LogP) is 7.50. The van der Waals surface area contributed by atoms with Gasteiger partial charge in [0.25, 0.3) is 5.91 Å². The molecule has 3 atom stereocenters. The number of fused-ring (bicyclic) bond motifs is 1. The lowest BCUT2D eigenvalue weighted by Crippen LogP contribution is -2.61. The summed E-state index contributed by atoms with van der Waals surface area (Å²) in [4.78, 5) is 97.0. The maximum absolute atomic E-state index is 14.3. The minimum absolute atomic E-state index is 0.0543. The van der Waals surface area contributed by atoms with Gasteiger partial charge < -0.3 is 40.3 Å². The number of β-amino-alcohol motifs (C(OH)–C–C–N with tert-alkyl or cyclic N) is 1. The molecule has 2 aliphatic heterocycles. The van der Waals surface area contributed by atoms with E-state index in [0.29, 0.717) is 48.6 Å². The van der Waals surface area contributed by atoms with Crippen LogP contribution in [0.15, 0.2) is 72.6 Å². The number of hydrogen-bond donors (Lipinski definition) is 5. The van der Waals surface area contributed by atoms with Gasteiger partial charge in [-0.2, -0.15) is 0 Å². The highest BCUT2D eigenvalue weighted by molar-refractivity contribution is 7.22. The number of amides is 5. The Hall–Kier alpha value is -7.14. The fourth-order valence-electron chi connectivity index (χ4n) is 9.87. The molecule has 1 aliphatic carbocycles. The highest BCUT2D eigenvalue weighted by Gasteiger charge is 2.46. The number of pyridine rings is 1. The molecular weight excluding hydrogens is 1030 g/mol. The number of aromatic nitrogens is 5. The van der Waals surface area contributed by atoms with E-state index in [1.807, 2.05) is 93.6 Å². The average Bonchev–Trinajstić information content (AvgIpc) is 4.20. The van der Waals surface area contributed by atoms with Gasteiger partial charge in [-0.3, -0.25) is 34.4 Å². The Bertz CT molecular complexity index is 3130. The van der Waals surface area contributed by atoms with Crippen LogP contribution in [0.3, 0.4) is 0 Å². The third kappa shape index (κ3) is 13.6. The van der Waals surface area contributed by atoms with Crippen LogP contribution in [0.2, 0.25) is 0 Å². The monoisotopic (exact) mass is 1100 g/mol. The average molecular weight is 1100 g/mol. The summed E-state index contributed by atoms with van der Waals surface area (Å²) >= 11 is 2.95. The molecule has 78 heavy (non-hydrogen) atoms. The number of hydrogen-bond acceptors (Lipinski definition) is 17. The predicted molar refractivity (Wildman–Crippen MR) is 300 cm³/mol. The molecule has 9 rings (SSSR count). The van der Waals surface area contributed by atoms with Gasteiger partial charge in [0, 0.05) is 57.4 Å². The number of piperazine rings is 1.